The molecule has 0 N–H and O–H groups in total. The Bertz CT molecular complexity index is 997. The first-order chi connectivity index (χ1) is 15.5. The molecule has 0 spiro atoms. The number of halogens is 2. The highest BCUT2D eigenvalue weighted by Gasteiger charge is 2.40. The summed E-state index contributed by atoms with van der Waals surface area (Å²) in [6, 6.07) is 6.13. The van der Waals surface area contributed by atoms with Crippen LogP contribution in [-0.4, -0.2) is 71.1 Å². The average molecular weight is 475 g/mol. The van der Waals surface area contributed by atoms with Gasteiger partial charge in [-0.05, 0) is 37.5 Å². The first-order valence-corrected chi connectivity index (χ1v) is 12.1. The van der Waals surface area contributed by atoms with E-state index in [4.69, 9.17) is 27.9 Å². The minimum atomic E-state index is 0.00503. The van der Waals surface area contributed by atoms with E-state index in [0.29, 0.717) is 40.0 Å². The van der Waals surface area contributed by atoms with Crippen molar-refractivity contribution in [2.75, 3.05) is 39.4 Å². The van der Waals surface area contributed by atoms with Crippen molar-refractivity contribution >= 4 is 29.1 Å². The number of rotatable bonds is 4. The summed E-state index contributed by atoms with van der Waals surface area (Å²) in [5.41, 5.74) is 3.17. The van der Waals surface area contributed by atoms with Crippen LogP contribution < -0.4 is 0 Å². The average Bonchev–Trinajstić information content (AvgIpc) is 3.40. The lowest BCUT2D eigenvalue weighted by molar-refractivity contribution is 0.0611. The van der Waals surface area contributed by atoms with Crippen LogP contribution in [0, 0.1) is 18.8 Å². The molecular formula is C24H28Cl2N4O2. The van der Waals surface area contributed by atoms with Gasteiger partial charge in [-0.2, -0.15) is 0 Å². The topological polar surface area (TPSA) is 58.6 Å². The van der Waals surface area contributed by atoms with E-state index in [2.05, 4.69) is 14.9 Å². The summed E-state index contributed by atoms with van der Waals surface area (Å²) in [6.45, 7) is 7.59. The Morgan fingerprint density at radius 1 is 1.09 bits per heavy atom. The first kappa shape index (κ1) is 22.1. The molecule has 5 rings (SSSR count). The number of hydrogen-bond acceptors (Lipinski definition) is 5. The van der Waals surface area contributed by atoms with Crippen LogP contribution in [0.1, 0.15) is 40.2 Å². The number of hydrogen-bond donors (Lipinski definition) is 0. The molecule has 2 atom stereocenters. The Labute approximate surface area is 198 Å². The Hall–Kier alpha value is -1.73. The van der Waals surface area contributed by atoms with Gasteiger partial charge in [-0.3, -0.25) is 9.69 Å². The minimum absolute atomic E-state index is 0.00503. The van der Waals surface area contributed by atoms with Crippen LogP contribution in [0.5, 0.6) is 0 Å². The Kier molecular flexibility index (Phi) is 6.39. The number of nitrogens with zero attached hydrogens (tertiary/aromatic N) is 4. The van der Waals surface area contributed by atoms with E-state index in [9.17, 15) is 4.79 Å². The largest absolute Gasteiger partial charge is 0.381 e. The number of carbonyl (C=O) groups is 1. The second kappa shape index (κ2) is 9.26. The van der Waals surface area contributed by atoms with Crippen molar-refractivity contribution in [2.45, 2.75) is 32.2 Å². The van der Waals surface area contributed by atoms with E-state index in [1.165, 1.54) is 6.33 Å². The zero-order valence-corrected chi connectivity index (χ0v) is 19.8. The number of aromatic nitrogens is 2. The second-order valence-electron chi connectivity index (χ2n) is 9.25. The molecule has 3 fully saturated rings. The molecular weight excluding hydrogens is 447 g/mol. The zero-order chi connectivity index (χ0) is 22.2. The molecule has 1 amide bonds. The number of carbonyl (C=O) groups excluding carboxylic acids is 1. The fourth-order valence-corrected chi connectivity index (χ4v) is 5.65. The third kappa shape index (κ3) is 4.38. The highest BCUT2D eigenvalue weighted by atomic mass is 35.5. The third-order valence-electron chi connectivity index (χ3n) is 7.28. The lowest BCUT2D eigenvalue weighted by Crippen LogP contribution is -2.46. The molecule has 0 saturated carbocycles. The van der Waals surface area contributed by atoms with Crippen LogP contribution in [0.4, 0.5) is 0 Å². The molecule has 3 aliphatic rings. The van der Waals surface area contributed by atoms with Gasteiger partial charge in [0.05, 0.1) is 29.0 Å². The molecule has 1 aromatic carbocycles. The highest BCUT2D eigenvalue weighted by Crippen LogP contribution is 2.33. The fraction of sp³-hybridized carbons (Fsp3) is 0.542. The van der Waals surface area contributed by atoms with E-state index >= 15 is 0 Å². The van der Waals surface area contributed by atoms with Crippen LogP contribution in [0.25, 0.3) is 0 Å². The van der Waals surface area contributed by atoms with Gasteiger partial charge < -0.3 is 9.64 Å². The monoisotopic (exact) mass is 474 g/mol. The molecule has 0 radical (unpaired) electrons. The Balaban J connectivity index is 1.23. The maximum Gasteiger partial charge on any atom is 0.272 e. The molecule has 32 heavy (non-hydrogen) atoms. The van der Waals surface area contributed by atoms with Gasteiger partial charge in [-0.25, -0.2) is 9.97 Å². The molecule has 3 aliphatic heterocycles. The molecule has 0 aliphatic carbocycles. The van der Waals surface area contributed by atoms with Crippen molar-refractivity contribution in [3.8, 4) is 0 Å². The number of piperidine rings is 1. The molecule has 8 heteroatoms. The zero-order valence-electron chi connectivity index (χ0n) is 18.3. The van der Waals surface area contributed by atoms with Gasteiger partial charge >= 0.3 is 0 Å². The molecule has 2 unspecified atom stereocenters. The van der Waals surface area contributed by atoms with E-state index < -0.39 is 0 Å². The maximum absolute atomic E-state index is 13.3. The van der Waals surface area contributed by atoms with Crippen molar-refractivity contribution < 1.29 is 9.53 Å². The van der Waals surface area contributed by atoms with Gasteiger partial charge in [-0.1, -0.05) is 29.3 Å². The number of fused-ring (bicyclic) bond motifs is 1. The summed E-state index contributed by atoms with van der Waals surface area (Å²) in [5.74, 6) is 1.41. The van der Waals surface area contributed by atoms with Gasteiger partial charge in [0, 0.05) is 56.0 Å². The molecule has 6 nitrogen and oxygen atoms in total. The quantitative estimate of drug-likeness (QED) is 0.672. The van der Waals surface area contributed by atoms with Gasteiger partial charge in [0.15, 0.2) is 0 Å². The summed E-state index contributed by atoms with van der Waals surface area (Å²) in [7, 11) is 0. The van der Waals surface area contributed by atoms with Gasteiger partial charge in [0.1, 0.15) is 12.0 Å². The fourth-order valence-electron chi connectivity index (χ4n) is 5.33. The Morgan fingerprint density at radius 3 is 2.50 bits per heavy atom. The van der Waals surface area contributed by atoms with Crippen molar-refractivity contribution in [2.24, 2.45) is 11.8 Å². The normalized spacial score (nSPS) is 24.2. The van der Waals surface area contributed by atoms with Crippen molar-refractivity contribution in [3.63, 3.8) is 0 Å². The molecule has 170 valence electrons. The lowest BCUT2D eigenvalue weighted by Gasteiger charge is -2.37. The van der Waals surface area contributed by atoms with E-state index in [-0.39, 0.29) is 5.91 Å². The standard InChI is InChI=1S/C24H28Cl2N4O2/c1-15-22(9-16-2-3-20(25)21(26)8-16)27-14-28-23(15)24(31)29-6-4-19(5-7-29)30-10-17-12-32-13-18(17)11-30/h2-3,8,14,17-19H,4-7,9-13H2,1H3. The SMILES string of the molecule is Cc1c(Cc2ccc(Cl)c(Cl)c2)ncnc1C(=O)N1CCC(N2CC3COCC3C2)CC1. The molecule has 3 saturated heterocycles. The number of likely N-dealkylation sites (tertiary alicyclic amines) is 2. The van der Waals surface area contributed by atoms with Crippen LogP contribution in [0.2, 0.25) is 10.0 Å². The Morgan fingerprint density at radius 2 is 1.81 bits per heavy atom. The third-order valence-corrected chi connectivity index (χ3v) is 8.02. The van der Waals surface area contributed by atoms with Crippen molar-refractivity contribution in [1.29, 1.82) is 0 Å². The lowest BCUT2D eigenvalue weighted by atomic mass is 10.0. The smallest absolute Gasteiger partial charge is 0.272 e. The van der Waals surface area contributed by atoms with Crippen LogP contribution in [0.15, 0.2) is 24.5 Å². The van der Waals surface area contributed by atoms with Crippen LogP contribution in [-0.2, 0) is 11.2 Å². The molecule has 1 aromatic heterocycles. The minimum Gasteiger partial charge on any atom is -0.381 e. The summed E-state index contributed by atoms with van der Waals surface area (Å²) < 4.78 is 5.61. The number of amides is 1. The first-order valence-electron chi connectivity index (χ1n) is 11.3. The van der Waals surface area contributed by atoms with Gasteiger partial charge in [0.2, 0.25) is 0 Å². The number of benzene rings is 1. The van der Waals surface area contributed by atoms with Crippen LogP contribution >= 0.6 is 23.2 Å². The van der Waals surface area contributed by atoms with Gasteiger partial charge in [-0.15, -0.1) is 0 Å². The molecule has 4 heterocycles. The maximum atomic E-state index is 13.3. The van der Waals surface area contributed by atoms with Crippen molar-refractivity contribution in [1.82, 2.24) is 19.8 Å². The highest BCUT2D eigenvalue weighted by molar-refractivity contribution is 6.42. The molecule has 2 aromatic rings. The predicted molar refractivity (Wildman–Crippen MR) is 124 cm³/mol. The van der Waals surface area contributed by atoms with Crippen molar-refractivity contribution in [3.05, 3.63) is 57.1 Å². The predicted octanol–water partition coefficient (Wildman–Crippen LogP) is 3.87. The van der Waals surface area contributed by atoms with E-state index in [0.717, 1.165) is 69.1 Å². The summed E-state index contributed by atoms with van der Waals surface area (Å²) in [5, 5.41) is 1.05. The van der Waals surface area contributed by atoms with Gasteiger partial charge in [0.25, 0.3) is 5.91 Å². The number of ether oxygens (including phenoxy) is 1. The second-order valence-corrected chi connectivity index (χ2v) is 10.1. The summed E-state index contributed by atoms with van der Waals surface area (Å²) >= 11 is 12.2. The van der Waals surface area contributed by atoms with E-state index in [1.54, 1.807) is 6.07 Å². The summed E-state index contributed by atoms with van der Waals surface area (Å²) in [4.78, 5) is 26.6. The van der Waals surface area contributed by atoms with Crippen LogP contribution in [0.3, 0.4) is 0 Å². The molecule has 0 bridgehead atoms. The van der Waals surface area contributed by atoms with E-state index in [1.807, 2.05) is 24.0 Å². The summed E-state index contributed by atoms with van der Waals surface area (Å²) in [6.07, 6.45) is 4.11.